The summed E-state index contributed by atoms with van der Waals surface area (Å²) in [5.41, 5.74) is 9.08. The fourth-order valence-electron chi connectivity index (χ4n) is 2.43. The number of carbonyl (C=O) groups is 2. The van der Waals surface area contributed by atoms with Gasteiger partial charge in [0.05, 0.1) is 5.69 Å². The first-order valence-electron chi connectivity index (χ1n) is 8.26. The molecule has 134 valence electrons. The van der Waals surface area contributed by atoms with Gasteiger partial charge in [-0.3, -0.25) is 14.5 Å². The monoisotopic (exact) mass is 360 g/mol. The highest BCUT2D eigenvalue weighted by atomic mass is 28.4. The van der Waals surface area contributed by atoms with Gasteiger partial charge in [-0.2, -0.15) is 0 Å². The molecule has 1 atom stereocenters. The Morgan fingerprint density at radius 3 is 2.60 bits per heavy atom. The molecule has 1 heterocycles. The summed E-state index contributed by atoms with van der Waals surface area (Å²) < 4.78 is 6.18. The normalized spacial score (nSPS) is 18.2. The Morgan fingerprint density at radius 2 is 2.00 bits per heavy atom. The molecule has 8 heteroatoms. The number of hydrogen-bond acceptors (Lipinski definition) is 4. The van der Waals surface area contributed by atoms with Crippen LogP contribution in [0.1, 0.15) is 37.6 Å². The minimum atomic E-state index is -2.10. The number of rotatable bonds is 4. The van der Waals surface area contributed by atoms with E-state index in [1.54, 1.807) is 24.3 Å². The summed E-state index contributed by atoms with van der Waals surface area (Å²) in [4.78, 5) is 29.4. The zero-order valence-corrected chi connectivity index (χ0v) is 16.3. The number of likely N-dealkylation sites (tertiary alicyclic amines) is 1. The maximum atomic E-state index is 12.7. The lowest BCUT2D eigenvalue weighted by Crippen LogP contribution is -2.46. The van der Waals surface area contributed by atoms with Gasteiger partial charge >= 0.3 is 0 Å². The second-order valence-electron chi connectivity index (χ2n) is 7.66. The average molecular weight is 360 g/mol. The Bertz CT molecular complexity index is 736. The zero-order chi connectivity index (χ0) is 18.8. The van der Waals surface area contributed by atoms with Gasteiger partial charge < -0.3 is 4.43 Å². The van der Waals surface area contributed by atoms with E-state index in [9.17, 15) is 9.59 Å². The van der Waals surface area contributed by atoms with Crippen LogP contribution in [-0.2, 0) is 9.22 Å². The summed E-state index contributed by atoms with van der Waals surface area (Å²) in [6.07, 6.45) is -0.0997. The lowest BCUT2D eigenvalue weighted by atomic mass is 10.1. The van der Waals surface area contributed by atoms with Crippen molar-refractivity contribution in [1.82, 2.24) is 4.90 Å². The molecule has 7 nitrogen and oxygen atoms in total. The zero-order valence-electron chi connectivity index (χ0n) is 15.3. The lowest BCUT2D eigenvalue weighted by Gasteiger charge is -2.37. The van der Waals surface area contributed by atoms with E-state index >= 15 is 0 Å². The van der Waals surface area contributed by atoms with Crippen molar-refractivity contribution in [2.45, 2.75) is 51.4 Å². The van der Waals surface area contributed by atoms with Crippen molar-refractivity contribution < 1.29 is 14.0 Å². The van der Waals surface area contributed by atoms with Crippen LogP contribution >= 0.6 is 0 Å². The van der Waals surface area contributed by atoms with Gasteiger partial charge in [0.25, 0.3) is 11.8 Å². The number of nitrogens with zero attached hydrogens (tertiary/aromatic N) is 4. The van der Waals surface area contributed by atoms with E-state index in [0.29, 0.717) is 13.0 Å². The highest BCUT2D eigenvalue weighted by molar-refractivity contribution is 6.74. The number of benzene rings is 1. The van der Waals surface area contributed by atoms with Gasteiger partial charge in [0.2, 0.25) is 0 Å². The van der Waals surface area contributed by atoms with Gasteiger partial charge in [0.1, 0.15) is 6.10 Å². The quantitative estimate of drug-likeness (QED) is 0.262. The van der Waals surface area contributed by atoms with Crippen LogP contribution in [0.2, 0.25) is 18.1 Å². The van der Waals surface area contributed by atoms with Gasteiger partial charge in [-0.05, 0) is 36.2 Å². The minimum absolute atomic E-state index is 0.0151. The van der Waals surface area contributed by atoms with Crippen LogP contribution in [0.4, 0.5) is 5.69 Å². The summed E-state index contributed by atoms with van der Waals surface area (Å²) in [7, 11) is -2.10. The van der Waals surface area contributed by atoms with Crippen LogP contribution in [0.25, 0.3) is 10.4 Å². The Kier molecular flexibility index (Phi) is 5.36. The van der Waals surface area contributed by atoms with Gasteiger partial charge in [0, 0.05) is 17.0 Å². The molecule has 1 aliphatic heterocycles. The lowest BCUT2D eigenvalue weighted by molar-refractivity contribution is -0.131. The molecule has 0 unspecified atom stereocenters. The van der Waals surface area contributed by atoms with Gasteiger partial charge in [0.15, 0.2) is 8.32 Å². The topological polar surface area (TPSA) is 95.4 Å². The molecular formula is C17H24N4O3Si. The van der Waals surface area contributed by atoms with Crippen molar-refractivity contribution >= 4 is 25.8 Å². The fourth-order valence-corrected chi connectivity index (χ4v) is 3.72. The van der Waals surface area contributed by atoms with Crippen LogP contribution in [0, 0.1) is 0 Å². The van der Waals surface area contributed by atoms with E-state index in [2.05, 4.69) is 43.9 Å². The number of carbonyl (C=O) groups excluding carboxylic acids is 2. The maximum absolute atomic E-state index is 12.7. The number of azide groups is 1. The molecule has 1 fully saturated rings. The third kappa shape index (κ3) is 3.92. The standard InChI is InChI=1S/C17H24N4O3Si/c1-17(2,3)25(4,5)24-14-10-11-21(16(14)23)15(22)12-8-6-7-9-13(12)19-20-18/h6-9,14H,10-11H2,1-5H3/t14-/m0/s1. The largest absolute Gasteiger partial charge is 0.405 e. The Balaban J connectivity index is 2.20. The number of amides is 2. The fraction of sp³-hybridized carbons (Fsp3) is 0.529. The Hall–Kier alpha value is -2.15. The van der Waals surface area contributed by atoms with Crippen molar-refractivity contribution in [3.05, 3.63) is 40.3 Å². The molecule has 0 spiro atoms. The molecular weight excluding hydrogens is 336 g/mol. The molecule has 25 heavy (non-hydrogen) atoms. The smallest absolute Gasteiger partial charge is 0.261 e. The molecule has 0 aromatic heterocycles. The Morgan fingerprint density at radius 1 is 1.36 bits per heavy atom. The average Bonchev–Trinajstić information content (AvgIpc) is 2.87. The first-order chi connectivity index (χ1) is 11.6. The number of imide groups is 1. The summed E-state index contributed by atoms with van der Waals surface area (Å²) in [6, 6.07) is 6.46. The van der Waals surface area contributed by atoms with Crippen LogP contribution in [0.5, 0.6) is 0 Å². The van der Waals surface area contributed by atoms with Crippen molar-refractivity contribution in [1.29, 1.82) is 0 Å². The molecule has 1 aromatic rings. The SMILES string of the molecule is CC(C)(C)[Si](C)(C)O[C@H]1CCN(C(=O)c2ccccc2N=[N+]=[N-])C1=O. The second kappa shape index (κ2) is 6.99. The Labute approximate surface area is 148 Å². The third-order valence-corrected chi connectivity index (χ3v) is 9.42. The third-order valence-electron chi connectivity index (χ3n) is 4.93. The van der Waals surface area contributed by atoms with E-state index in [1.165, 1.54) is 4.90 Å². The van der Waals surface area contributed by atoms with E-state index in [4.69, 9.17) is 9.96 Å². The first kappa shape index (κ1) is 19.2. The molecule has 1 aliphatic rings. The molecule has 0 N–H and O–H groups in total. The predicted octanol–water partition coefficient (Wildman–Crippen LogP) is 4.39. The van der Waals surface area contributed by atoms with Crippen molar-refractivity contribution in [3.63, 3.8) is 0 Å². The summed E-state index contributed by atoms with van der Waals surface area (Å²) in [6.45, 7) is 10.8. The molecule has 0 radical (unpaired) electrons. The van der Waals surface area contributed by atoms with Gasteiger partial charge in [-0.1, -0.05) is 44.1 Å². The summed E-state index contributed by atoms with van der Waals surface area (Å²) >= 11 is 0. The van der Waals surface area contributed by atoms with Crippen molar-refractivity contribution in [2.75, 3.05) is 6.54 Å². The maximum Gasteiger partial charge on any atom is 0.261 e. The van der Waals surface area contributed by atoms with Crippen molar-refractivity contribution in [3.8, 4) is 0 Å². The molecule has 1 saturated heterocycles. The summed E-state index contributed by atoms with van der Waals surface area (Å²) in [5.74, 6) is -0.764. The van der Waals surface area contributed by atoms with Gasteiger partial charge in [-0.25, -0.2) is 0 Å². The molecule has 1 aromatic carbocycles. The minimum Gasteiger partial charge on any atom is -0.405 e. The molecule has 2 amide bonds. The predicted molar refractivity (Wildman–Crippen MR) is 98.0 cm³/mol. The van der Waals surface area contributed by atoms with Crippen molar-refractivity contribution in [2.24, 2.45) is 5.11 Å². The molecule has 0 aliphatic carbocycles. The highest BCUT2D eigenvalue weighted by Gasteiger charge is 2.44. The van der Waals surface area contributed by atoms with E-state index < -0.39 is 20.3 Å². The van der Waals surface area contributed by atoms with Crippen LogP contribution < -0.4 is 0 Å². The number of hydrogen-bond donors (Lipinski definition) is 0. The molecule has 0 bridgehead atoms. The van der Waals surface area contributed by atoms with E-state index in [0.717, 1.165) is 0 Å². The summed E-state index contributed by atoms with van der Waals surface area (Å²) in [5, 5.41) is 3.52. The highest BCUT2D eigenvalue weighted by Crippen LogP contribution is 2.38. The van der Waals surface area contributed by atoms with Gasteiger partial charge in [-0.15, -0.1) is 0 Å². The second-order valence-corrected chi connectivity index (χ2v) is 12.4. The first-order valence-corrected chi connectivity index (χ1v) is 11.2. The van der Waals surface area contributed by atoms with Crippen LogP contribution in [-0.4, -0.2) is 37.7 Å². The van der Waals surface area contributed by atoms with Crippen LogP contribution in [0.3, 0.4) is 0 Å². The molecule has 0 saturated carbocycles. The molecule has 2 rings (SSSR count). The van der Waals surface area contributed by atoms with Crippen LogP contribution in [0.15, 0.2) is 29.4 Å². The van der Waals surface area contributed by atoms with E-state index in [-0.39, 0.29) is 22.2 Å². The van der Waals surface area contributed by atoms with E-state index in [1.807, 2.05) is 0 Å².